The Morgan fingerprint density at radius 2 is 2.15 bits per heavy atom. The van der Waals surface area contributed by atoms with Gasteiger partial charge >= 0.3 is 0 Å². The van der Waals surface area contributed by atoms with E-state index in [1.165, 1.54) is 5.56 Å². The van der Waals surface area contributed by atoms with E-state index in [1.54, 1.807) is 4.90 Å². The zero-order valence-electron chi connectivity index (χ0n) is 15.8. The van der Waals surface area contributed by atoms with Gasteiger partial charge in [0.05, 0.1) is 12.6 Å². The quantitative estimate of drug-likeness (QED) is 0.786. The highest BCUT2D eigenvalue weighted by atomic mass is 16.5. The number of carbonyl (C=O) groups is 2. The van der Waals surface area contributed by atoms with E-state index >= 15 is 0 Å². The van der Waals surface area contributed by atoms with E-state index in [2.05, 4.69) is 25.1 Å². The molecule has 1 aromatic carbocycles. The minimum absolute atomic E-state index is 0.0252. The fraction of sp³-hybridized carbons (Fsp3) is 0.619. The second kappa shape index (κ2) is 9.17. The highest BCUT2D eigenvalue weighted by Gasteiger charge is 2.26. The lowest BCUT2D eigenvalue weighted by atomic mass is 10.1. The van der Waals surface area contributed by atoms with Crippen molar-refractivity contribution in [2.24, 2.45) is 0 Å². The molecule has 0 aliphatic carbocycles. The van der Waals surface area contributed by atoms with E-state index in [-0.39, 0.29) is 24.5 Å². The van der Waals surface area contributed by atoms with Crippen LogP contribution in [-0.2, 0) is 20.9 Å². The van der Waals surface area contributed by atoms with Crippen molar-refractivity contribution in [2.45, 2.75) is 58.1 Å². The number of carbonyl (C=O) groups excluding carboxylic acids is 2. The Balaban J connectivity index is 1.68. The standard InChI is InChI=1S/C21H30N2O3/c1-17-7-5-8-18(13-17)14-23(15-19-9-6-12-26-19)21(25)16-22-11-4-2-3-10-20(22)24/h5,7-8,13,19H,2-4,6,9-12,14-16H2,1H3/t19-/m1/s1. The van der Waals surface area contributed by atoms with Crippen molar-refractivity contribution in [2.75, 3.05) is 26.2 Å². The van der Waals surface area contributed by atoms with Crippen LogP contribution < -0.4 is 0 Å². The predicted octanol–water partition coefficient (Wildman–Crippen LogP) is 2.91. The number of ether oxygens (including phenoxy) is 1. The van der Waals surface area contributed by atoms with Gasteiger partial charge in [0.2, 0.25) is 11.8 Å². The number of benzene rings is 1. The molecule has 0 saturated carbocycles. The predicted molar refractivity (Wildman–Crippen MR) is 101 cm³/mol. The molecule has 0 spiro atoms. The molecule has 2 aliphatic heterocycles. The SMILES string of the molecule is Cc1cccc(CN(C[C@H]2CCCO2)C(=O)CN2CCCCCC2=O)c1. The van der Waals surface area contributed by atoms with Crippen LogP contribution in [0.3, 0.4) is 0 Å². The first-order valence-electron chi connectivity index (χ1n) is 9.84. The van der Waals surface area contributed by atoms with Gasteiger partial charge in [-0.2, -0.15) is 0 Å². The average Bonchev–Trinajstić information content (AvgIpc) is 3.04. The Hall–Kier alpha value is -1.88. The normalized spacial score (nSPS) is 20.9. The first-order chi connectivity index (χ1) is 12.6. The van der Waals surface area contributed by atoms with Gasteiger partial charge in [0.1, 0.15) is 0 Å². The molecule has 0 radical (unpaired) electrons. The van der Waals surface area contributed by atoms with Crippen molar-refractivity contribution in [3.05, 3.63) is 35.4 Å². The molecule has 0 N–H and O–H groups in total. The maximum Gasteiger partial charge on any atom is 0.242 e. The lowest BCUT2D eigenvalue weighted by Crippen LogP contribution is -2.44. The maximum absolute atomic E-state index is 13.0. The van der Waals surface area contributed by atoms with E-state index < -0.39 is 0 Å². The first kappa shape index (κ1) is 18.9. The lowest BCUT2D eigenvalue weighted by Gasteiger charge is -2.29. The topological polar surface area (TPSA) is 49.9 Å². The molecule has 2 fully saturated rings. The van der Waals surface area contributed by atoms with Gasteiger partial charge < -0.3 is 14.5 Å². The van der Waals surface area contributed by atoms with E-state index in [9.17, 15) is 9.59 Å². The maximum atomic E-state index is 13.0. The smallest absolute Gasteiger partial charge is 0.242 e. The number of hydrogen-bond acceptors (Lipinski definition) is 3. The van der Waals surface area contributed by atoms with E-state index in [0.29, 0.717) is 26.1 Å². The number of nitrogens with zero attached hydrogens (tertiary/aromatic N) is 2. The molecule has 142 valence electrons. The van der Waals surface area contributed by atoms with Gasteiger partial charge in [-0.1, -0.05) is 36.2 Å². The molecule has 5 nitrogen and oxygen atoms in total. The Morgan fingerprint density at radius 1 is 1.27 bits per heavy atom. The molecule has 1 aromatic rings. The summed E-state index contributed by atoms with van der Waals surface area (Å²) >= 11 is 0. The summed E-state index contributed by atoms with van der Waals surface area (Å²) in [6, 6.07) is 8.26. The van der Waals surface area contributed by atoms with Gasteiger partial charge in [-0.15, -0.1) is 0 Å². The van der Waals surface area contributed by atoms with Crippen LogP contribution in [0.5, 0.6) is 0 Å². The summed E-state index contributed by atoms with van der Waals surface area (Å²) in [5.74, 6) is 0.140. The summed E-state index contributed by atoms with van der Waals surface area (Å²) in [5, 5.41) is 0. The second-order valence-electron chi connectivity index (χ2n) is 7.52. The second-order valence-corrected chi connectivity index (χ2v) is 7.52. The van der Waals surface area contributed by atoms with Crippen LogP contribution >= 0.6 is 0 Å². The number of amides is 2. The highest BCUT2D eigenvalue weighted by Crippen LogP contribution is 2.17. The van der Waals surface area contributed by atoms with Crippen molar-refractivity contribution in [3.63, 3.8) is 0 Å². The van der Waals surface area contributed by atoms with Crippen LogP contribution in [0.2, 0.25) is 0 Å². The van der Waals surface area contributed by atoms with Crippen LogP contribution in [-0.4, -0.2) is 54.0 Å². The van der Waals surface area contributed by atoms with Crippen LogP contribution in [0.1, 0.15) is 49.7 Å². The summed E-state index contributed by atoms with van der Waals surface area (Å²) in [6.07, 6.45) is 5.73. The molecule has 2 heterocycles. The Kier molecular flexibility index (Phi) is 6.67. The zero-order chi connectivity index (χ0) is 18.4. The van der Waals surface area contributed by atoms with Crippen molar-refractivity contribution in [1.82, 2.24) is 9.80 Å². The first-order valence-corrected chi connectivity index (χ1v) is 9.84. The van der Waals surface area contributed by atoms with Crippen molar-refractivity contribution in [3.8, 4) is 0 Å². The van der Waals surface area contributed by atoms with Gasteiger partial charge in [-0.3, -0.25) is 9.59 Å². The Labute approximate surface area is 156 Å². The fourth-order valence-electron chi connectivity index (χ4n) is 3.79. The van der Waals surface area contributed by atoms with Gasteiger partial charge in [0.15, 0.2) is 0 Å². The molecule has 3 rings (SSSR count). The van der Waals surface area contributed by atoms with Crippen LogP contribution in [0.4, 0.5) is 0 Å². The molecule has 1 atom stereocenters. The number of likely N-dealkylation sites (tertiary alicyclic amines) is 1. The Morgan fingerprint density at radius 3 is 2.92 bits per heavy atom. The molecular formula is C21H30N2O3. The largest absolute Gasteiger partial charge is 0.376 e. The summed E-state index contributed by atoms with van der Waals surface area (Å²) in [4.78, 5) is 28.9. The molecule has 26 heavy (non-hydrogen) atoms. The minimum atomic E-state index is 0.0252. The van der Waals surface area contributed by atoms with E-state index in [1.807, 2.05) is 11.0 Å². The van der Waals surface area contributed by atoms with Gasteiger partial charge in [-0.05, 0) is 38.2 Å². The van der Waals surface area contributed by atoms with Crippen LogP contribution in [0.25, 0.3) is 0 Å². The minimum Gasteiger partial charge on any atom is -0.376 e. The van der Waals surface area contributed by atoms with E-state index in [4.69, 9.17) is 4.74 Å². The summed E-state index contributed by atoms with van der Waals surface area (Å²) in [7, 11) is 0. The van der Waals surface area contributed by atoms with Gasteiger partial charge in [0, 0.05) is 32.7 Å². The number of hydrogen-bond donors (Lipinski definition) is 0. The third kappa shape index (κ3) is 5.31. The molecule has 2 aliphatic rings. The number of aryl methyl sites for hydroxylation is 1. The molecular weight excluding hydrogens is 328 g/mol. The molecule has 0 unspecified atom stereocenters. The van der Waals surface area contributed by atoms with Crippen LogP contribution in [0, 0.1) is 6.92 Å². The average molecular weight is 358 g/mol. The van der Waals surface area contributed by atoms with Crippen molar-refractivity contribution in [1.29, 1.82) is 0 Å². The number of rotatable bonds is 6. The van der Waals surface area contributed by atoms with Crippen LogP contribution in [0.15, 0.2) is 24.3 Å². The molecule has 2 amide bonds. The third-order valence-electron chi connectivity index (χ3n) is 5.25. The highest BCUT2D eigenvalue weighted by molar-refractivity contribution is 5.85. The molecule has 5 heteroatoms. The monoisotopic (exact) mass is 358 g/mol. The molecule has 0 bridgehead atoms. The summed E-state index contributed by atoms with van der Waals surface area (Å²) in [5.41, 5.74) is 2.31. The lowest BCUT2D eigenvalue weighted by molar-refractivity contribution is -0.141. The van der Waals surface area contributed by atoms with E-state index in [0.717, 1.165) is 44.3 Å². The fourth-order valence-corrected chi connectivity index (χ4v) is 3.79. The summed E-state index contributed by atoms with van der Waals surface area (Å²) in [6.45, 7) is 4.91. The van der Waals surface area contributed by atoms with Crippen molar-refractivity contribution >= 4 is 11.8 Å². The molecule has 0 aromatic heterocycles. The van der Waals surface area contributed by atoms with Gasteiger partial charge in [0.25, 0.3) is 0 Å². The third-order valence-corrected chi connectivity index (χ3v) is 5.25. The zero-order valence-corrected chi connectivity index (χ0v) is 15.8. The van der Waals surface area contributed by atoms with Gasteiger partial charge in [-0.25, -0.2) is 0 Å². The van der Waals surface area contributed by atoms with Crippen molar-refractivity contribution < 1.29 is 14.3 Å². The summed E-state index contributed by atoms with van der Waals surface area (Å²) < 4.78 is 5.75. The Bertz CT molecular complexity index is 625. The molecule has 2 saturated heterocycles.